The Morgan fingerprint density at radius 2 is 1.78 bits per heavy atom. The van der Waals surface area contributed by atoms with Gasteiger partial charge in [0.2, 0.25) is 5.52 Å². The molecule has 1 aliphatic rings. The molecule has 2 unspecified atom stereocenters. The van der Waals surface area contributed by atoms with Gasteiger partial charge in [-0.1, -0.05) is 13.8 Å². The summed E-state index contributed by atoms with van der Waals surface area (Å²) in [6, 6.07) is -0.242. The van der Waals surface area contributed by atoms with Crippen molar-refractivity contribution in [2.45, 2.75) is 37.1 Å². The zero-order valence-electron chi connectivity index (χ0n) is 10.2. The van der Waals surface area contributed by atoms with Gasteiger partial charge in [0.05, 0.1) is 0 Å². The zero-order chi connectivity index (χ0) is 14.1. The van der Waals surface area contributed by atoms with Gasteiger partial charge in [-0.15, -0.1) is 0 Å². The van der Waals surface area contributed by atoms with Gasteiger partial charge < -0.3 is 19.6 Å². The van der Waals surface area contributed by atoms with Crippen LogP contribution >= 0.6 is 27.0 Å². The first-order chi connectivity index (χ1) is 8.09. The Hall–Kier alpha value is 0.610. The lowest BCUT2D eigenvalue weighted by Crippen LogP contribution is -2.51. The molecule has 0 amide bonds. The van der Waals surface area contributed by atoms with Crippen molar-refractivity contribution in [1.82, 2.24) is 4.90 Å². The van der Waals surface area contributed by atoms with Crippen LogP contribution in [0.25, 0.3) is 0 Å². The molecule has 0 radical (unpaired) electrons. The van der Waals surface area contributed by atoms with Crippen LogP contribution in [0.5, 0.6) is 0 Å². The van der Waals surface area contributed by atoms with E-state index in [1.54, 1.807) is 11.8 Å². The Morgan fingerprint density at radius 1 is 1.28 bits per heavy atom. The maximum Gasteiger partial charge on any atom is 0.354 e. The second kappa shape index (κ2) is 5.94. The molecule has 7 nitrogen and oxygen atoms in total. The molecule has 108 valence electrons. The fourth-order valence-corrected chi connectivity index (χ4v) is 6.50. The Kier molecular flexibility index (Phi) is 5.49. The van der Waals surface area contributed by atoms with Crippen LogP contribution in [0.4, 0.5) is 0 Å². The molecule has 10 heteroatoms. The van der Waals surface area contributed by atoms with E-state index < -0.39 is 20.7 Å². The van der Waals surface area contributed by atoms with Crippen LogP contribution < -0.4 is 0 Å². The minimum atomic E-state index is -4.89. The summed E-state index contributed by atoms with van der Waals surface area (Å²) in [7, 11) is -9.78. The third kappa shape index (κ3) is 3.81. The molecule has 0 aromatic carbocycles. The van der Waals surface area contributed by atoms with E-state index in [0.29, 0.717) is 12.2 Å². The molecular formula is C8H19NO6P2S. The van der Waals surface area contributed by atoms with E-state index in [1.165, 1.54) is 4.90 Å². The molecule has 0 aliphatic carbocycles. The Morgan fingerprint density at radius 3 is 2.17 bits per heavy atom. The van der Waals surface area contributed by atoms with Crippen molar-refractivity contribution < 1.29 is 28.7 Å². The van der Waals surface area contributed by atoms with Crippen molar-refractivity contribution in [2.24, 2.45) is 0 Å². The first-order valence-electron chi connectivity index (χ1n) is 5.56. The lowest BCUT2D eigenvalue weighted by Gasteiger charge is -2.43. The predicted octanol–water partition coefficient (Wildman–Crippen LogP) is 0.841. The summed E-state index contributed by atoms with van der Waals surface area (Å²) in [6.45, 7) is 4.02. The van der Waals surface area contributed by atoms with Gasteiger partial charge in [-0.05, 0) is 6.42 Å². The largest absolute Gasteiger partial charge is 0.354 e. The molecule has 2 atom stereocenters. The molecule has 0 aromatic heterocycles. The average Bonchev–Trinajstić information content (AvgIpc) is 2.13. The molecule has 1 rings (SSSR count). The maximum absolute atomic E-state index is 11.4. The molecular weight excluding hydrogens is 300 g/mol. The fourth-order valence-electron chi connectivity index (χ4n) is 2.33. The number of hydrogen-bond acceptors (Lipinski definition) is 4. The molecule has 1 aliphatic heterocycles. The molecule has 18 heavy (non-hydrogen) atoms. The second-order valence-corrected chi connectivity index (χ2v) is 9.54. The van der Waals surface area contributed by atoms with Crippen LogP contribution in [-0.2, 0) is 9.13 Å². The number of hydrogen-bond donors (Lipinski definition) is 4. The minimum Gasteiger partial charge on any atom is -0.323 e. The van der Waals surface area contributed by atoms with Crippen molar-refractivity contribution >= 4 is 27.0 Å². The average molecular weight is 319 g/mol. The predicted molar refractivity (Wildman–Crippen MR) is 70.6 cm³/mol. The normalized spacial score (nSPS) is 27.7. The smallest absolute Gasteiger partial charge is 0.323 e. The lowest BCUT2D eigenvalue weighted by molar-refractivity contribution is 0.169. The molecule has 4 N–H and O–H groups in total. The van der Waals surface area contributed by atoms with Crippen LogP contribution in [0.3, 0.4) is 0 Å². The van der Waals surface area contributed by atoms with E-state index in [-0.39, 0.29) is 17.8 Å². The maximum atomic E-state index is 11.4. The highest BCUT2D eigenvalue weighted by atomic mass is 32.2. The van der Waals surface area contributed by atoms with Crippen molar-refractivity contribution in [3.63, 3.8) is 0 Å². The van der Waals surface area contributed by atoms with E-state index in [0.717, 1.165) is 0 Å². The number of nitrogens with zero attached hydrogens (tertiary/aromatic N) is 1. The summed E-state index contributed by atoms with van der Waals surface area (Å²) < 4.78 is 22.8. The molecule has 0 bridgehead atoms. The first kappa shape index (κ1) is 16.7. The van der Waals surface area contributed by atoms with Gasteiger partial charge in [0.1, 0.15) is 0 Å². The van der Waals surface area contributed by atoms with E-state index >= 15 is 0 Å². The summed E-state index contributed by atoms with van der Waals surface area (Å²) in [6.07, 6.45) is 0.588. The Bertz CT molecular complexity index is 360. The molecule has 1 heterocycles. The van der Waals surface area contributed by atoms with Gasteiger partial charge >= 0.3 is 15.2 Å². The minimum absolute atomic E-state index is 0.0874. The summed E-state index contributed by atoms with van der Waals surface area (Å²) in [4.78, 5) is 38.2. The SMILES string of the molecule is CCC1C(C)SCCN1C(P(=O)(O)O)P(=O)(O)O. The van der Waals surface area contributed by atoms with E-state index in [2.05, 4.69) is 0 Å². The van der Waals surface area contributed by atoms with Crippen molar-refractivity contribution in [3.8, 4) is 0 Å². The monoisotopic (exact) mass is 319 g/mol. The van der Waals surface area contributed by atoms with Gasteiger partial charge in [-0.2, -0.15) is 11.8 Å². The Balaban J connectivity index is 3.12. The summed E-state index contributed by atoms with van der Waals surface area (Å²) in [5.41, 5.74) is -2.02. The van der Waals surface area contributed by atoms with Crippen molar-refractivity contribution in [3.05, 3.63) is 0 Å². The van der Waals surface area contributed by atoms with Gasteiger partial charge in [0, 0.05) is 23.6 Å². The first-order valence-corrected chi connectivity index (χ1v) is 9.98. The summed E-state index contributed by atoms with van der Waals surface area (Å²) in [5.74, 6) is 0.605. The highest BCUT2D eigenvalue weighted by Crippen LogP contribution is 2.62. The van der Waals surface area contributed by atoms with Gasteiger partial charge in [-0.3, -0.25) is 14.0 Å². The molecule has 1 saturated heterocycles. The second-order valence-electron chi connectivity index (χ2n) is 4.31. The van der Waals surface area contributed by atoms with Gasteiger partial charge in [-0.25, -0.2) is 0 Å². The molecule has 1 fully saturated rings. The van der Waals surface area contributed by atoms with Crippen molar-refractivity contribution in [1.29, 1.82) is 0 Å². The quantitative estimate of drug-likeness (QED) is 0.563. The van der Waals surface area contributed by atoms with Gasteiger partial charge in [0.15, 0.2) is 0 Å². The van der Waals surface area contributed by atoms with Crippen LogP contribution in [-0.4, -0.2) is 53.6 Å². The third-order valence-corrected chi connectivity index (χ3v) is 7.87. The van der Waals surface area contributed by atoms with E-state index in [4.69, 9.17) is 0 Å². The number of thioether (sulfide) groups is 1. The lowest BCUT2D eigenvalue weighted by atomic mass is 10.1. The van der Waals surface area contributed by atoms with Crippen molar-refractivity contribution in [2.75, 3.05) is 12.3 Å². The van der Waals surface area contributed by atoms with Crippen LogP contribution in [0.2, 0.25) is 0 Å². The number of rotatable bonds is 4. The summed E-state index contributed by atoms with van der Waals surface area (Å²) >= 11 is 1.65. The zero-order valence-corrected chi connectivity index (χ0v) is 12.8. The van der Waals surface area contributed by atoms with Crippen LogP contribution in [0.15, 0.2) is 0 Å². The van der Waals surface area contributed by atoms with Gasteiger partial charge in [0.25, 0.3) is 0 Å². The molecule has 0 aromatic rings. The Labute approximate surface area is 110 Å². The standard InChI is InChI=1S/C8H19NO6P2S/c1-3-7-6(2)18-5-4-9(7)8(16(10,11)12)17(13,14)15/h6-8H,3-5H2,1-2H3,(H2,10,11,12)(H2,13,14,15). The molecule has 0 saturated carbocycles. The third-order valence-electron chi connectivity index (χ3n) is 3.01. The highest BCUT2D eigenvalue weighted by Gasteiger charge is 2.50. The van der Waals surface area contributed by atoms with Crippen LogP contribution in [0, 0.1) is 0 Å². The summed E-state index contributed by atoms with van der Waals surface area (Å²) in [5, 5.41) is 0.0874. The molecule has 0 spiro atoms. The topological polar surface area (TPSA) is 118 Å². The van der Waals surface area contributed by atoms with E-state index in [1.807, 2.05) is 13.8 Å². The highest BCUT2D eigenvalue weighted by molar-refractivity contribution is 8.00. The fraction of sp³-hybridized carbons (Fsp3) is 1.00. The van der Waals surface area contributed by atoms with E-state index in [9.17, 15) is 28.7 Å². The van der Waals surface area contributed by atoms with Crippen LogP contribution in [0.1, 0.15) is 20.3 Å².